The number of nitrogens with zero attached hydrogens (tertiary/aromatic N) is 5. The van der Waals surface area contributed by atoms with Crippen molar-refractivity contribution in [1.82, 2.24) is 24.7 Å². The normalized spacial score (nSPS) is 23.4. The standard InChI is InChI=1S/C15H19F3N6/c16-15(17,18)14-21-20-13-6-5-12(22-24(13)14)19-10-7-8-23(9-10)11-3-1-2-4-11/h5-6,10-11H,1-4,7-9H2,(H,19,22). The van der Waals surface area contributed by atoms with Crippen LogP contribution in [0.4, 0.5) is 19.0 Å². The van der Waals surface area contributed by atoms with Gasteiger partial charge in [-0.3, -0.25) is 4.90 Å². The van der Waals surface area contributed by atoms with Gasteiger partial charge in [0.15, 0.2) is 5.65 Å². The largest absolute Gasteiger partial charge is 0.453 e. The molecule has 1 N–H and O–H groups in total. The number of fused-ring (bicyclic) bond motifs is 1. The van der Waals surface area contributed by atoms with Gasteiger partial charge < -0.3 is 5.32 Å². The molecule has 2 aliphatic rings. The van der Waals surface area contributed by atoms with Crippen LogP contribution in [0.2, 0.25) is 0 Å². The molecule has 1 aliphatic carbocycles. The lowest BCUT2D eigenvalue weighted by atomic mass is 10.2. The Morgan fingerprint density at radius 2 is 1.88 bits per heavy atom. The number of aromatic nitrogens is 4. The number of anilines is 1. The monoisotopic (exact) mass is 340 g/mol. The molecule has 1 unspecified atom stereocenters. The number of nitrogens with one attached hydrogen (secondary N) is 1. The highest BCUT2D eigenvalue weighted by molar-refractivity contribution is 5.44. The third-order valence-electron chi connectivity index (χ3n) is 4.93. The smallest absolute Gasteiger partial charge is 0.365 e. The van der Waals surface area contributed by atoms with E-state index in [9.17, 15) is 13.2 Å². The Labute approximate surface area is 137 Å². The molecule has 9 heteroatoms. The summed E-state index contributed by atoms with van der Waals surface area (Å²) < 4.78 is 39.5. The summed E-state index contributed by atoms with van der Waals surface area (Å²) >= 11 is 0. The van der Waals surface area contributed by atoms with Gasteiger partial charge in [0.2, 0.25) is 0 Å². The SMILES string of the molecule is FC(F)(F)c1nnc2ccc(NC3CCN(C4CCCC4)C3)nn12. The van der Waals surface area contributed by atoms with Gasteiger partial charge in [0.05, 0.1) is 0 Å². The molecule has 3 heterocycles. The lowest BCUT2D eigenvalue weighted by molar-refractivity contribution is -0.146. The van der Waals surface area contributed by atoms with Crippen LogP contribution in [0.5, 0.6) is 0 Å². The van der Waals surface area contributed by atoms with Gasteiger partial charge in [-0.2, -0.15) is 17.7 Å². The summed E-state index contributed by atoms with van der Waals surface area (Å²) in [6.07, 6.45) is 1.51. The molecule has 24 heavy (non-hydrogen) atoms. The molecule has 4 rings (SSSR count). The van der Waals surface area contributed by atoms with Crippen molar-refractivity contribution in [1.29, 1.82) is 0 Å². The topological polar surface area (TPSA) is 58.4 Å². The number of rotatable bonds is 3. The number of alkyl halides is 3. The van der Waals surface area contributed by atoms with Gasteiger partial charge >= 0.3 is 6.18 Å². The van der Waals surface area contributed by atoms with Gasteiger partial charge in [-0.05, 0) is 31.4 Å². The fourth-order valence-electron chi connectivity index (χ4n) is 3.76. The maximum absolute atomic E-state index is 12.9. The highest BCUT2D eigenvalue weighted by Crippen LogP contribution is 2.29. The highest BCUT2D eigenvalue weighted by Gasteiger charge is 2.38. The van der Waals surface area contributed by atoms with E-state index in [1.165, 1.54) is 31.7 Å². The third-order valence-corrected chi connectivity index (χ3v) is 4.93. The van der Waals surface area contributed by atoms with Crippen LogP contribution in [0, 0.1) is 0 Å². The summed E-state index contributed by atoms with van der Waals surface area (Å²) in [5, 5.41) is 14.0. The number of halogens is 3. The molecular weight excluding hydrogens is 321 g/mol. The number of likely N-dealkylation sites (tertiary alicyclic amines) is 1. The van der Waals surface area contributed by atoms with Crippen LogP contribution in [0.1, 0.15) is 37.9 Å². The van der Waals surface area contributed by atoms with Crippen molar-refractivity contribution in [3.8, 4) is 0 Å². The molecule has 1 saturated carbocycles. The summed E-state index contributed by atoms with van der Waals surface area (Å²) in [5.74, 6) is -0.675. The van der Waals surface area contributed by atoms with Crippen LogP contribution in [0.3, 0.4) is 0 Å². The van der Waals surface area contributed by atoms with Gasteiger partial charge in [-0.15, -0.1) is 15.3 Å². The van der Waals surface area contributed by atoms with Gasteiger partial charge in [0, 0.05) is 25.2 Å². The zero-order chi connectivity index (χ0) is 16.7. The highest BCUT2D eigenvalue weighted by atomic mass is 19.4. The van der Waals surface area contributed by atoms with E-state index in [0.717, 1.165) is 24.0 Å². The molecular formula is C15H19F3N6. The van der Waals surface area contributed by atoms with Gasteiger partial charge in [-0.25, -0.2) is 0 Å². The first-order valence-corrected chi connectivity index (χ1v) is 8.31. The molecule has 2 aromatic heterocycles. The Balaban J connectivity index is 1.48. The van der Waals surface area contributed by atoms with Crippen molar-refractivity contribution in [2.24, 2.45) is 0 Å². The third kappa shape index (κ3) is 2.92. The molecule has 0 bridgehead atoms. The van der Waals surface area contributed by atoms with E-state index in [2.05, 4.69) is 25.5 Å². The first-order valence-electron chi connectivity index (χ1n) is 8.31. The molecule has 6 nitrogen and oxygen atoms in total. The second kappa shape index (κ2) is 5.87. The summed E-state index contributed by atoms with van der Waals surface area (Å²) in [6, 6.07) is 4.03. The zero-order valence-electron chi connectivity index (χ0n) is 13.1. The Hall–Kier alpha value is -1.90. The number of hydrogen-bond donors (Lipinski definition) is 1. The van der Waals surface area contributed by atoms with Crippen molar-refractivity contribution < 1.29 is 13.2 Å². The quantitative estimate of drug-likeness (QED) is 0.931. The van der Waals surface area contributed by atoms with Crippen LogP contribution >= 0.6 is 0 Å². The maximum Gasteiger partial charge on any atom is 0.453 e. The molecule has 1 saturated heterocycles. The van der Waals surface area contributed by atoms with E-state index in [1.54, 1.807) is 6.07 Å². The first kappa shape index (κ1) is 15.6. The maximum atomic E-state index is 12.9. The average molecular weight is 340 g/mol. The van der Waals surface area contributed by atoms with E-state index >= 15 is 0 Å². The predicted octanol–water partition coefficient (Wildman–Crippen LogP) is 2.57. The van der Waals surface area contributed by atoms with Crippen molar-refractivity contribution in [3.05, 3.63) is 18.0 Å². The molecule has 2 aromatic rings. The van der Waals surface area contributed by atoms with E-state index in [-0.39, 0.29) is 11.7 Å². The fraction of sp³-hybridized carbons (Fsp3) is 0.667. The predicted molar refractivity (Wildman–Crippen MR) is 81.6 cm³/mol. The first-order chi connectivity index (χ1) is 11.5. The molecule has 130 valence electrons. The molecule has 1 aliphatic heterocycles. The van der Waals surface area contributed by atoms with E-state index in [1.807, 2.05) is 0 Å². The van der Waals surface area contributed by atoms with Crippen molar-refractivity contribution in [2.45, 2.75) is 50.4 Å². The zero-order valence-corrected chi connectivity index (χ0v) is 13.1. The summed E-state index contributed by atoms with van der Waals surface area (Å²) in [4.78, 5) is 2.49. The van der Waals surface area contributed by atoms with Crippen LogP contribution in [0.25, 0.3) is 5.65 Å². The second-order valence-corrected chi connectivity index (χ2v) is 6.57. The summed E-state index contributed by atoms with van der Waals surface area (Å²) in [7, 11) is 0. The Morgan fingerprint density at radius 1 is 1.08 bits per heavy atom. The molecule has 2 fully saturated rings. The van der Waals surface area contributed by atoms with Crippen molar-refractivity contribution in [3.63, 3.8) is 0 Å². The molecule has 0 amide bonds. The van der Waals surface area contributed by atoms with Crippen LogP contribution < -0.4 is 5.32 Å². The molecule has 0 radical (unpaired) electrons. The summed E-state index contributed by atoms with van der Waals surface area (Å²) in [5.41, 5.74) is 0.0897. The van der Waals surface area contributed by atoms with Crippen molar-refractivity contribution >= 4 is 11.5 Å². The summed E-state index contributed by atoms with van der Waals surface area (Å²) in [6.45, 7) is 1.95. The van der Waals surface area contributed by atoms with E-state index in [4.69, 9.17) is 0 Å². The van der Waals surface area contributed by atoms with Gasteiger partial charge in [-0.1, -0.05) is 12.8 Å². The molecule has 1 atom stereocenters. The van der Waals surface area contributed by atoms with E-state index in [0.29, 0.717) is 11.9 Å². The van der Waals surface area contributed by atoms with Crippen LogP contribution in [0.15, 0.2) is 12.1 Å². The second-order valence-electron chi connectivity index (χ2n) is 6.57. The fourth-order valence-corrected chi connectivity index (χ4v) is 3.76. The molecule has 0 aromatic carbocycles. The lowest BCUT2D eigenvalue weighted by Gasteiger charge is -2.23. The van der Waals surface area contributed by atoms with Crippen molar-refractivity contribution in [2.75, 3.05) is 18.4 Å². The van der Waals surface area contributed by atoms with Crippen LogP contribution in [-0.2, 0) is 6.18 Å². The Kier molecular flexibility index (Phi) is 3.82. The Bertz CT molecular complexity index is 722. The Morgan fingerprint density at radius 3 is 2.62 bits per heavy atom. The van der Waals surface area contributed by atoms with Crippen LogP contribution in [-0.4, -0.2) is 49.9 Å². The minimum atomic E-state index is -4.57. The minimum absolute atomic E-state index is 0.0897. The molecule has 0 spiro atoms. The minimum Gasteiger partial charge on any atom is -0.365 e. The van der Waals surface area contributed by atoms with Gasteiger partial charge in [0.25, 0.3) is 5.82 Å². The van der Waals surface area contributed by atoms with Gasteiger partial charge in [0.1, 0.15) is 5.82 Å². The number of hydrogen-bond acceptors (Lipinski definition) is 5. The van der Waals surface area contributed by atoms with E-state index < -0.39 is 12.0 Å². The average Bonchev–Trinajstić information content (AvgIpc) is 3.26. The lowest BCUT2D eigenvalue weighted by Crippen LogP contribution is -2.33.